The van der Waals surface area contributed by atoms with Crippen molar-refractivity contribution in [3.63, 3.8) is 0 Å². The molecule has 1 aromatic carbocycles. The van der Waals surface area contributed by atoms with E-state index in [9.17, 15) is 26.0 Å². The topological polar surface area (TPSA) is 61.4 Å². The van der Waals surface area contributed by atoms with E-state index in [1.807, 2.05) is 9.62 Å². The third-order valence-electron chi connectivity index (χ3n) is 3.27. The van der Waals surface area contributed by atoms with Crippen LogP contribution in [0.1, 0.15) is 0 Å². The summed E-state index contributed by atoms with van der Waals surface area (Å²) >= 11 is 0. The molecule has 124 valence electrons. The van der Waals surface area contributed by atoms with Crippen LogP contribution in [0.4, 0.5) is 17.6 Å². The Morgan fingerprint density at radius 3 is 2.18 bits per heavy atom. The van der Waals surface area contributed by atoms with Gasteiger partial charge in [0.15, 0.2) is 28.2 Å². The first-order valence-electron chi connectivity index (χ1n) is 6.58. The van der Waals surface area contributed by atoms with Crippen molar-refractivity contribution in [2.24, 2.45) is 0 Å². The van der Waals surface area contributed by atoms with Crippen molar-refractivity contribution in [1.29, 1.82) is 0 Å². The number of halogens is 4. The van der Waals surface area contributed by atoms with Crippen LogP contribution < -0.4 is 10.0 Å². The zero-order chi connectivity index (χ0) is 16.3. The summed E-state index contributed by atoms with van der Waals surface area (Å²) in [6, 6.07) is -0.0373. The van der Waals surface area contributed by atoms with Gasteiger partial charge in [0.05, 0.1) is 0 Å². The van der Waals surface area contributed by atoms with Crippen LogP contribution in [0.25, 0.3) is 0 Å². The quantitative estimate of drug-likeness (QED) is 0.602. The van der Waals surface area contributed by atoms with Crippen molar-refractivity contribution in [1.82, 2.24) is 14.9 Å². The van der Waals surface area contributed by atoms with E-state index in [0.717, 1.165) is 13.1 Å². The fourth-order valence-electron chi connectivity index (χ4n) is 2.13. The Bertz CT molecular complexity index is 622. The molecular weight excluding hydrogens is 326 g/mol. The van der Waals surface area contributed by atoms with Crippen LogP contribution in [0.3, 0.4) is 0 Å². The van der Waals surface area contributed by atoms with Gasteiger partial charge in [-0.3, -0.25) is 4.90 Å². The minimum absolute atomic E-state index is 0.0373. The normalized spacial score (nSPS) is 16.9. The highest BCUT2D eigenvalue weighted by Crippen LogP contribution is 2.23. The van der Waals surface area contributed by atoms with Crippen LogP contribution in [0.2, 0.25) is 0 Å². The molecule has 0 spiro atoms. The smallest absolute Gasteiger partial charge is 0.246 e. The van der Waals surface area contributed by atoms with Gasteiger partial charge in [-0.2, -0.15) is 0 Å². The minimum Gasteiger partial charge on any atom is -0.314 e. The number of piperazine rings is 1. The average molecular weight is 341 g/mol. The lowest BCUT2D eigenvalue weighted by atomic mass is 10.3. The Kier molecular flexibility index (Phi) is 5.37. The zero-order valence-corrected chi connectivity index (χ0v) is 12.3. The van der Waals surface area contributed by atoms with Gasteiger partial charge in [0.25, 0.3) is 0 Å². The van der Waals surface area contributed by atoms with E-state index >= 15 is 0 Å². The standard InChI is InChI=1S/C12H15F4N3O2S/c13-8-7-9(14)11(16)12(10(8)15)22(20,21)18-3-6-19-4-1-17-2-5-19/h7,17-18H,1-6H2. The molecule has 0 unspecified atom stereocenters. The molecule has 1 fully saturated rings. The van der Waals surface area contributed by atoms with Gasteiger partial charge in [0.1, 0.15) is 0 Å². The average Bonchev–Trinajstić information content (AvgIpc) is 2.46. The molecule has 0 saturated carbocycles. The maximum absolute atomic E-state index is 13.5. The molecular formula is C12H15F4N3O2S. The van der Waals surface area contributed by atoms with Gasteiger partial charge in [0.2, 0.25) is 10.0 Å². The molecule has 0 atom stereocenters. The van der Waals surface area contributed by atoms with E-state index in [4.69, 9.17) is 0 Å². The molecule has 10 heteroatoms. The summed E-state index contributed by atoms with van der Waals surface area (Å²) in [6.45, 7) is 3.12. The van der Waals surface area contributed by atoms with Crippen molar-refractivity contribution >= 4 is 10.0 Å². The lowest BCUT2D eigenvalue weighted by molar-refractivity contribution is 0.245. The van der Waals surface area contributed by atoms with Gasteiger partial charge < -0.3 is 5.32 Å². The van der Waals surface area contributed by atoms with E-state index in [-0.39, 0.29) is 12.6 Å². The summed E-state index contributed by atoms with van der Waals surface area (Å²) in [5, 5.41) is 3.11. The Morgan fingerprint density at radius 1 is 1.09 bits per heavy atom. The third kappa shape index (κ3) is 3.75. The summed E-state index contributed by atoms with van der Waals surface area (Å²) in [5.41, 5.74) is 0. The molecule has 0 amide bonds. The highest BCUT2D eigenvalue weighted by molar-refractivity contribution is 7.89. The first-order valence-corrected chi connectivity index (χ1v) is 8.07. The van der Waals surface area contributed by atoms with Crippen molar-refractivity contribution in [3.8, 4) is 0 Å². The second kappa shape index (κ2) is 6.90. The van der Waals surface area contributed by atoms with E-state index in [1.165, 1.54) is 0 Å². The Hall–Kier alpha value is -1.23. The monoisotopic (exact) mass is 341 g/mol. The number of rotatable bonds is 5. The maximum Gasteiger partial charge on any atom is 0.246 e. The van der Waals surface area contributed by atoms with Crippen molar-refractivity contribution < 1.29 is 26.0 Å². The van der Waals surface area contributed by atoms with Crippen LogP contribution in [0.5, 0.6) is 0 Å². The lowest BCUT2D eigenvalue weighted by Gasteiger charge is -2.27. The molecule has 1 saturated heterocycles. The van der Waals surface area contributed by atoms with Crippen LogP contribution in [0, 0.1) is 23.3 Å². The summed E-state index contributed by atoms with van der Waals surface area (Å²) < 4.78 is 78.8. The number of nitrogens with zero attached hydrogens (tertiary/aromatic N) is 1. The first-order chi connectivity index (χ1) is 10.3. The molecule has 1 aliphatic heterocycles. The Labute approximate surface area is 125 Å². The number of benzene rings is 1. The minimum atomic E-state index is -4.69. The molecule has 0 radical (unpaired) electrons. The highest BCUT2D eigenvalue weighted by Gasteiger charge is 2.29. The third-order valence-corrected chi connectivity index (χ3v) is 4.75. The fraction of sp³-hybridized carbons (Fsp3) is 0.500. The van der Waals surface area contributed by atoms with E-state index in [2.05, 4.69) is 5.32 Å². The van der Waals surface area contributed by atoms with E-state index < -0.39 is 38.2 Å². The molecule has 5 nitrogen and oxygen atoms in total. The zero-order valence-electron chi connectivity index (χ0n) is 11.5. The van der Waals surface area contributed by atoms with Gasteiger partial charge in [0, 0.05) is 45.3 Å². The van der Waals surface area contributed by atoms with Crippen LogP contribution >= 0.6 is 0 Å². The molecule has 1 heterocycles. The summed E-state index contributed by atoms with van der Waals surface area (Å²) in [5.74, 6) is -7.40. The van der Waals surface area contributed by atoms with Crippen molar-refractivity contribution in [3.05, 3.63) is 29.3 Å². The summed E-state index contributed by atoms with van der Waals surface area (Å²) in [6.07, 6.45) is 0. The largest absolute Gasteiger partial charge is 0.314 e. The molecule has 0 bridgehead atoms. The Morgan fingerprint density at radius 2 is 1.64 bits per heavy atom. The predicted molar refractivity (Wildman–Crippen MR) is 70.8 cm³/mol. The van der Waals surface area contributed by atoms with Crippen LogP contribution in [0.15, 0.2) is 11.0 Å². The fourth-order valence-corrected chi connectivity index (χ4v) is 3.30. The molecule has 2 N–H and O–H groups in total. The summed E-state index contributed by atoms with van der Waals surface area (Å²) in [7, 11) is -4.69. The van der Waals surface area contributed by atoms with Gasteiger partial charge in [-0.25, -0.2) is 30.7 Å². The second-order valence-electron chi connectivity index (χ2n) is 4.79. The summed E-state index contributed by atoms with van der Waals surface area (Å²) in [4.78, 5) is 0.308. The van der Waals surface area contributed by atoms with Gasteiger partial charge in [-0.1, -0.05) is 0 Å². The number of nitrogens with one attached hydrogen (secondary N) is 2. The second-order valence-corrected chi connectivity index (χ2v) is 6.49. The number of hydrogen-bond acceptors (Lipinski definition) is 4. The molecule has 22 heavy (non-hydrogen) atoms. The molecule has 2 rings (SSSR count). The molecule has 0 aliphatic carbocycles. The number of hydrogen-bond donors (Lipinski definition) is 2. The van der Waals surface area contributed by atoms with Gasteiger partial charge in [-0.05, 0) is 0 Å². The predicted octanol–water partition coefficient (Wildman–Crippen LogP) is 0.426. The van der Waals surface area contributed by atoms with E-state index in [1.54, 1.807) is 0 Å². The van der Waals surface area contributed by atoms with Crippen molar-refractivity contribution in [2.75, 3.05) is 39.3 Å². The maximum atomic E-state index is 13.5. The SMILES string of the molecule is O=S(=O)(NCCN1CCNCC1)c1c(F)c(F)cc(F)c1F. The van der Waals surface area contributed by atoms with Crippen LogP contribution in [-0.2, 0) is 10.0 Å². The highest BCUT2D eigenvalue weighted by atomic mass is 32.2. The first kappa shape index (κ1) is 17.1. The van der Waals surface area contributed by atoms with Crippen molar-refractivity contribution in [2.45, 2.75) is 4.90 Å². The van der Waals surface area contributed by atoms with Gasteiger partial charge in [-0.15, -0.1) is 0 Å². The number of sulfonamides is 1. The van der Waals surface area contributed by atoms with Gasteiger partial charge >= 0.3 is 0 Å². The van der Waals surface area contributed by atoms with E-state index in [0.29, 0.717) is 19.6 Å². The van der Waals surface area contributed by atoms with Crippen LogP contribution in [-0.4, -0.2) is 52.6 Å². The molecule has 1 aromatic rings. The Balaban J connectivity index is 2.10. The lowest BCUT2D eigenvalue weighted by Crippen LogP contribution is -2.46. The molecule has 0 aromatic heterocycles. The molecule has 1 aliphatic rings.